The van der Waals surface area contributed by atoms with Gasteiger partial charge < -0.3 is 15.0 Å². The van der Waals surface area contributed by atoms with E-state index < -0.39 is 0 Å². The first-order valence-corrected chi connectivity index (χ1v) is 8.84. The number of carbonyl (C=O) groups excluding carboxylic acids is 2. The minimum absolute atomic E-state index is 0.0791. The molecule has 0 unspecified atom stereocenters. The van der Waals surface area contributed by atoms with Crippen molar-refractivity contribution in [3.8, 4) is 0 Å². The molecule has 1 saturated heterocycles. The van der Waals surface area contributed by atoms with Crippen LogP contribution in [-0.2, 0) is 9.53 Å². The Morgan fingerprint density at radius 3 is 3.00 bits per heavy atom. The molecular weight excluding hydrogens is 300 g/mol. The monoisotopic (exact) mass is 324 g/mol. The molecule has 0 aromatic carbocycles. The number of esters is 1. The Kier molecular flexibility index (Phi) is 6.71. The first kappa shape index (κ1) is 16.8. The zero-order valence-corrected chi connectivity index (χ0v) is 13.9. The second kappa shape index (κ2) is 8.78. The minimum Gasteiger partial charge on any atom is -0.466 e. The predicted molar refractivity (Wildman–Crippen MR) is 86.9 cm³/mol. The number of carbonyl (C=O) groups is 2. The van der Waals surface area contributed by atoms with Crippen molar-refractivity contribution in [2.24, 2.45) is 0 Å². The van der Waals surface area contributed by atoms with Gasteiger partial charge in [0.1, 0.15) is 0 Å². The van der Waals surface area contributed by atoms with Gasteiger partial charge in [-0.15, -0.1) is 11.3 Å². The van der Waals surface area contributed by atoms with E-state index in [1.807, 2.05) is 11.0 Å². The largest absolute Gasteiger partial charge is 0.466 e. The van der Waals surface area contributed by atoms with E-state index in [9.17, 15) is 9.59 Å². The molecule has 1 N–H and O–H groups in total. The molecule has 1 aromatic heterocycles. The number of rotatable bonds is 5. The van der Waals surface area contributed by atoms with Gasteiger partial charge in [0, 0.05) is 18.0 Å². The lowest BCUT2D eigenvalue weighted by molar-refractivity contribution is -0.142. The van der Waals surface area contributed by atoms with Crippen LogP contribution in [0.3, 0.4) is 0 Å². The number of ether oxygens (including phenoxy) is 1. The molecular formula is C16H24N2O3S. The first-order valence-electron chi connectivity index (χ1n) is 7.96. The molecule has 5 nitrogen and oxygen atoms in total. The van der Waals surface area contributed by atoms with Gasteiger partial charge in [-0.1, -0.05) is 18.9 Å². The van der Waals surface area contributed by atoms with Gasteiger partial charge in [-0.05, 0) is 31.2 Å². The lowest BCUT2D eigenvalue weighted by Gasteiger charge is -2.29. The molecule has 1 aliphatic heterocycles. The number of amides is 2. The Morgan fingerprint density at radius 2 is 2.27 bits per heavy atom. The lowest BCUT2D eigenvalue weighted by Crippen LogP contribution is -2.42. The molecule has 22 heavy (non-hydrogen) atoms. The highest BCUT2D eigenvalue weighted by Crippen LogP contribution is 2.32. The highest BCUT2D eigenvalue weighted by molar-refractivity contribution is 7.10. The number of nitrogens with zero attached hydrogens (tertiary/aromatic N) is 1. The van der Waals surface area contributed by atoms with E-state index >= 15 is 0 Å². The molecule has 0 spiro atoms. The van der Waals surface area contributed by atoms with E-state index in [2.05, 4.69) is 16.8 Å². The molecule has 6 heteroatoms. The van der Waals surface area contributed by atoms with Crippen LogP contribution in [0.5, 0.6) is 0 Å². The average molecular weight is 324 g/mol. The van der Waals surface area contributed by atoms with Gasteiger partial charge in [0.05, 0.1) is 19.1 Å². The molecule has 0 radical (unpaired) electrons. The molecule has 0 bridgehead atoms. The van der Waals surface area contributed by atoms with Gasteiger partial charge in [-0.3, -0.25) is 4.79 Å². The van der Waals surface area contributed by atoms with Gasteiger partial charge in [0.25, 0.3) is 0 Å². The van der Waals surface area contributed by atoms with Crippen molar-refractivity contribution in [1.29, 1.82) is 0 Å². The molecule has 1 aliphatic rings. The van der Waals surface area contributed by atoms with Crippen molar-refractivity contribution in [2.75, 3.05) is 19.7 Å². The predicted octanol–water partition coefficient (Wildman–Crippen LogP) is 3.33. The summed E-state index contributed by atoms with van der Waals surface area (Å²) in [6.07, 6.45) is 4.57. The van der Waals surface area contributed by atoms with Crippen LogP contribution < -0.4 is 5.32 Å². The maximum Gasteiger partial charge on any atom is 0.317 e. The summed E-state index contributed by atoms with van der Waals surface area (Å²) in [6.45, 7) is 3.25. The number of likely N-dealkylation sites (tertiary alicyclic amines) is 1. The van der Waals surface area contributed by atoms with Crippen LogP contribution in [-0.4, -0.2) is 36.6 Å². The Balaban J connectivity index is 1.91. The first-order chi connectivity index (χ1) is 10.7. The molecule has 2 heterocycles. The van der Waals surface area contributed by atoms with Crippen LogP contribution in [0.15, 0.2) is 17.5 Å². The highest BCUT2D eigenvalue weighted by atomic mass is 32.1. The molecule has 1 fully saturated rings. The maximum absolute atomic E-state index is 12.5. The minimum atomic E-state index is -0.270. The van der Waals surface area contributed by atoms with Crippen molar-refractivity contribution in [3.63, 3.8) is 0 Å². The van der Waals surface area contributed by atoms with Crippen LogP contribution >= 0.6 is 11.3 Å². The molecule has 1 atom stereocenters. The Labute approximate surface area is 135 Å². The van der Waals surface area contributed by atoms with E-state index in [1.165, 1.54) is 4.88 Å². The third kappa shape index (κ3) is 4.73. The van der Waals surface area contributed by atoms with E-state index in [4.69, 9.17) is 4.74 Å². The number of thiophene rings is 1. The van der Waals surface area contributed by atoms with E-state index in [0.717, 1.165) is 32.2 Å². The van der Waals surface area contributed by atoms with Gasteiger partial charge in [-0.2, -0.15) is 0 Å². The fraction of sp³-hybridized carbons (Fsp3) is 0.625. The lowest BCUT2D eigenvalue weighted by atomic mass is 10.1. The second-order valence-electron chi connectivity index (χ2n) is 5.36. The fourth-order valence-electron chi connectivity index (χ4n) is 2.73. The van der Waals surface area contributed by atoms with Crippen LogP contribution in [0.25, 0.3) is 0 Å². The quantitative estimate of drug-likeness (QED) is 0.845. The average Bonchev–Trinajstić information content (AvgIpc) is 2.91. The van der Waals surface area contributed by atoms with Crippen LogP contribution in [0.4, 0.5) is 4.79 Å². The summed E-state index contributed by atoms with van der Waals surface area (Å²) in [7, 11) is 0. The SMILES string of the molecule is CCOC(=O)CCNC(=O)N1CCCCC[C@H]1c1cccs1. The summed E-state index contributed by atoms with van der Waals surface area (Å²) in [5.41, 5.74) is 0. The Bertz CT molecular complexity index is 476. The zero-order chi connectivity index (χ0) is 15.8. The van der Waals surface area contributed by atoms with E-state index in [-0.39, 0.29) is 24.5 Å². The third-order valence-electron chi connectivity index (χ3n) is 3.80. The Hall–Kier alpha value is -1.56. The number of hydrogen-bond acceptors (Lipinski definition) is 4. The number of hydrogen-bond donors (Lipinski definition) is 1. The summed E-state index contributed by atoms with van der Waals surface area (Å²) in [6, 6.07) is 4.20. The second-order valence-corrected chi connectivity index (χ2v) is 6.34. The highest BCUT2D eigenvalue weighted by Gasteiger charge is 2.27. The van der Waals surface area contributed by atoms with Crippen molar-refractivity contribution < 1.29 is 14.3 Å². The Morgan fingerprint density at radius 1 is 1.41 bits per heavy atom. The molecule has 122 valence electrons. The summed E-state index contributed by atoms with van der Waals surface area (Å²) in [5, 5.41) is 4.90. The number of nitrogens with one attached hydrogen (secondary N) is 1. The van der Waals surface area contributed by atoms with Gasteiger partial charge in [0.15, 0.2) is 0 Å². The third-order valence-corrected chi connectivity index (χ3v) is 4.77. The van der Waals surface area contributed by atoms with Gasteiger partial charge >= 0.3 is 12.0 Å². The normalized spacial score (nSPS) is 18.6. The molecule has 2 rings (SSSR count). The van der Waals surface area contributed by atoms with Gasteiger partial charge in [-0.25, -0.2) is 4.79 Å². The summed E-state index contributed by atoms with van der Waals surface area (Å²) in [4.78, 5) is 26.9. The molecule has 0 saturated carbocycles. The topological polar surface area (TPSA) is 58.6 Å². The molecule has 1 aromatic rings. The van der Waals surface area contributed by atoms with Crippen molar-refractivity contribution in [2.45, 2.75) is 45.1 Å². The standard InChI is InChI=1S/C16H24N2O3S/c1-2-21-15(19)9-10-17-16(20)18-11-5-3-4-7-13(18)14-8-6-12-22-14/h6,8,12-13H,2-5,7,9-11H2,1H3,(H,17,20)/t13-/m0/s1. The zero-order valence-electron chi connectivity index (χ0n) is 13.0. The van der Waals surface area contributed by atoms with Crippen molar-refractivity contribution in [1.82, 2.24) is 10.2 Å². The summed E-state index contributed by atoms with van der Waals surface area (Å²) >= 11 is 1.70. The van der Waals surface area contributed by atoms with E-state index in [0.29, 0.717) is 13.2 Å². The fourth-order valence-corrected chi connectivity index (χ4v) is 3.61. The van der Waals surface area contributed by atoms with Crippen LogP contribution in [0.2, 0.25) is 0 Å². The smallest absolute Gasteiger partial charge is 0.317 e. The van der Waals surface area contributed by atoms with E-state index in [1.54, 1.807) is 18.3 Å². The van der Waals surface area contributed by atoms with Crippen LogP contribution in [0.1, 0.15) is 49.9 Å². The molecule has 2 amide bonds. The molecule has 0 aliphatic carbocycles. The summed E-state index contributed by atoms with van der Waals surface area (Å²) < 4.78 is 4.87. The van der Waals surface area contributed by atoms with Gasteiger partial charge in [0.2, 0.25) is 0 Å². The number of urea groups is 1. The van der Waals surface area contributed by atoms with Crippen LogP contribution in [0, 0.1) is 0 Å². The summed E-state index contributed by atoms with van der Waals surface area (Å²) in [5.74, 6) is -0.270. The van der Waals surface area contributed by atoms with Crippen molar-refractivity contribution in [3.05, 3.63) is 22.4 Å². The maximum atomic E-state index is 12.5. The van der Waals surface area contributed by atoms with Crippen molar-refractivity contribution >= 4 is 23.3 Å².